The number of ether oxygens (including phenoxy) is 1. The van der Waals surface area contributed by atoms with Gasteiger partial charge in [0, 0.05) is 12.5 Å². The van der Waals surface area contributed by atoms with E-state index in [-0.39, 0.29) is 11.8 Å². The summed E-state index contributed by atoms with van der Waals surface area (Å²) in [5.74, 6) is -0.984. The lowest BCUT2D eigenvalue weighted by molar-refractivity contribution is -0.133. The summed E-state index contributed by atoms with van der Waals surface area (Å²) in [7, 11) is 1.59. The Hall–Kier alpha value is -2.67. The van der Waals surface area contributed by atoms with Gasteiger partial charge in [-0.1, -0.05) is 30.3 Å². The molecule has 0 bridgehead atoms. The van der Waals surface area contributed by atoms with Crippen molar-refractivity contribution in [2.24, 2.45) is 11.0 Å². The molecule has 0 radical (unpaired) electrons. The Balaban J connectivity index is 1.68. The number of methoxy groups -OCH3 is 1. The van der Waals surface area contributed by atoms with Crippen molar-refractivity contribution in [1.29, 1.82) is 0 Å². The third kappa shape index (κ3) is 3.94. The number of halogens is 1. The zero-order valence-corrected chi connectivity index (χ0v) is 15.7. The zero-order chi connectivity index (χ0) is 18.5. The van der Waals surface area contributed by atoms with Crippen LogP contribution in [-0.4, -0.2) is 31.7 Å². The number of nitrogens with one attached hydrogen (secondary N) is 2. The topological polar surface area (TPSA) is 79.8 Å². The summed E-state index contributed by atoms with van der Waals surface area (Å²) in [4.78, 5) is 24.6. The van der Waals surface area contributed by atoms with E-state index in [4.69, 9.17) is 4.74 Å². The number of nitrogens with zero attached hydrogens (tertiary/aromatic N) is 1. The number of amides is 2. The number of benzene rings is 2. The second-order valence-electron chi connectivity index (χ2n) is 5.87. The van der Waals surface area contributed by atoms with Gasteiger partial charge in [0.1, 0.15) is 11.7 Å². The van der Waals surface area contributed by atoms with Gasteiger partial charge in [0.15, 0.2) is 0 Å². The number of hydrogen-bond donors (Lipinski definition) is 2. The van der Waals surface area contributed by atoms with Gasteiger partial charge in [-0.2, -0.15) is 5.10 Å². The number of carbonyl (C=O) groups excluding carboxylic acids is 2. The Labute approximate surface area is 159 Å². The van der Waals surface area contributed by atoms with Gasteiger partial charge in [0.05, 0.1) is 17.8 Å². The second kappa shape index (κ2) is 8.14. The van der Waals surface area contributed by atoms with E-state index in [9.17, 15) is 9.59 Å². The van der Waals surface area contributed by atoms with Gasteiger partial charge < -0.3 is 10.1 Å². The molecule has 7 heteroatoms. The summed E-state index contributed by atoms with van der Waals surface area (Å²) < 4.78 is 5.96. The van der Waals surface area contributed by atoms with Crippen LogP contribution in [0.1, 0.15) is 17.0 Å². The lowest BCUT2D eigenvalue weighted by Crippen LogP contribution is -2.34. The molecule has 2 atom stereocenters. The quantitative estimate of drug-likeness (QED) is 0.447. The van der Waals surface area contributed by atoms with Gasteiger partial charge in [-0.25, -0.2) is 5.43 Å². The van der Waals surface area contributed by atoms with Crippen LogP contribution in [0.3, 0.4) is 0 Å². The van der Waals surface area contributed by atoms with Crippen LogP contribution < -0.4 is 15.5 Å². The van der Waals surface area contributed by atoms with Crippen LogP contribution >= 0.6 is 15.9 Å². The smallest absolute Gasteiger partial charge is 0.253 e. The largest absolute Gasteiger partial charge is 0.496 e. The van der Waals surface area contributed by atoms with E-state index in [1.54, 1.807) is 13.2 Å². The zero-order valence-electron chi connectivity index (χ0n) is 14.1. The molecule has 6 nitrogen and oxygen atoms in total. The van der Waals surface area contributed by atoms with Gasteiger partial charge in [-0.05, 0) is 45.3 Å². The molecular weight excluding hydrogens is 398 g/mol. The van der Waals surface area contributed by atoms with Crippen LogP contribution in [0.25, 0.3) is 0 Å². The van der Waals surface area contributed by atoms with Crippen molar-refractivity contribution in [2.45, 2.75) is 5.92 Å². The first kappa shape index (κ1) is 18.1. The normalized spacial score (nSPS) is 19.4. The molecule has 0 aromatic heterocycles. The molecule has 2 amide bonds. The van der Waals surface area contributed by atoms with Crippen molar-refractivity contribution < 1.29 is 14.3 Å². The maximum Gasteiger partial charge on any atom is 0.253 e. The highest BCUT2D eigenvalue weighted by atomic mass is 79.9. The molecule has 1 heterocycles. The summed E-state index contributed by atoms with van der Waals surface area (Å²) in [5, 5.41) is 6.73. The molecule has 2 N–H and O–H groups in total. The molecule has 1 aliphatic rings. The molecule has 2 aromatic rings. The lowest BCUT2D eigenvalue weighted by Gasteiger charge is -2.15. The van der Waals surface area contributed by atoms with Crippen LogP contribution in [0.15, 0.2) is 58.1 Å². The standard InChI is InChI=1S/C19H18BrN3O3/c1-26-16-8-7-12(9-15(16)20)10-22-23-19(25)17-14(11-21-18(17)24)13-5-3-2-4-6-13/h2-10,14,17H,11H2,1H3,(H,21,24)(H,23,25)/t14-,17-/m0/s1. The molecule has 0 unspecified atom stereocenters. The summed E-state index contributed by atoms with van der Waals surface area (Å²) in [6, 6.07) is 15.0. The first-order valence-electron chi connectivity index (χ1n) is 8.09. The van der Waals surface area contributed by atoms with E-state index >= 15 is 0 Å². The Morgan fingerprint density at radius 1 is 1.31 bits per heavy atom. The van der Waals surface area contributed by atoms with Crippen LogP contribution in [0, 0.1) is 5.92 Å². The molecule has 134 valence electrons. The molecular formula is C19H18BrN3O3. The Bertz CT molecular complexity index is 839. The molecule has 26 heavy (non-hydrogen) atoms. The number of hydrazone groups is 1. The van der Waals surface area contributed by atoms with Crippen molar-refractivity contribution in [2.75, 3.05) is 13.7 Å². The van der Waals surface area contributed by atoms with E-state index in [2.05, 4.69) is 31.8 Å². The average molecular weight is 416 g/mol. The van der Waals surface area contributed by atoms with Gasteiger partial charge in [-0.15, -0.1) is 0 Å². The predicted molar refractivity (Wildman–Crippen MR) is 102 cm³/mol. The van der Waals surface area contributed by atoms with Gasteiger partial charge >= 0.3 is 0 Å². The van der Waals surface area contributed by atoms with Crippen LogP contribution in [-0.2, 0) is 9.59 Å². The highest BCUT2D eigenvalue weighted by molar-refractivity contribution is 9.10. The second-order valence-corrected chi connectivity index (χ2v) is 6.72. The fourth-order valence-corrected chi connectivity index (χ4v) is 3.49. The highest BCUT2D eigenvalue weighted by Crippen LogP contribution is 2.29. The Morgan fingerprint density at radius 3 is 2.77 bits per heavy atom. The maximum atomic E-state index is 12.5. The Morgan fingerprint density at radius 2 is 2.08 bits per heavy atom. The summed E-state index contributed by atoms with van der Waals surface area (Å²) >= 11 is 3.40. The molecule has 1 saturated heterocycles. The summed E-state index contributed by atoms with van der Waals surface area (Å²) in [6.45, 7) is 0.441. The lowest BCUT2D eigenvalue weighted by atomic mass is 9.88. The van der Waals surface area contributed by atoms with Gasteiger partial charge in [-0.3, -0.25) is 9.59 Å². The van der Waals surface area contributed by atoms with Crippen molar-refractivity contribution >= 4 is 34.0 Å². The van der Waals surface area contributed by atoms with Crippen LogP contribution in [0.2, 0.25) is 0 Å². The van der Waals surface area contributed by atoms with Crippen molar-refractivity contribution in [1.82, 2.24) is 10.7 Å². The van der Waals surface area contributed by atoms with Gasteiger partial charge in [0.25, 0.3) is 5.91 Å². The fourth-order valence-electron chi connectivity index (χ4n) is 2.94. The summed E-state index contributed by atoms with van der Waals surface area (Å²) in [6.07, 6.45) is 1.52. The number of rotatable bonds is 5. The van der Waals surface area contributed by atoms with Gasteiger partial charge in [0.2, 0.25) is 5.91 Å². The monoisotopic (exact) mass is 415 g/mol. The molecule has 3 rings (SSSR count). The minimum absolute atomic E-state index is 0.200. The minimum atomic E-state index is -0.794. The fraction of sp³-hybridized carbons (Fsp3) is 0.211. The highest BCUT2D eigenvalue weighted by Gasteiger charge is 2.40. The molecule has 0 saturated carbocycles. The Kier molecular flexibility index (Phi) is 5.68. The number of carbonyl (C=O) groups is 2. The molecule has 0 aliphatic carbocycles. The van der Waals surface area contributed by atoms with E-state index in [1.807, 2.05) is 42.5 Å². The van der Waals surface area contributed by atoms with Crippen molar-refractivity contribution in [3.8, 4) is 5.75 Å². The molecule has 0 spiro atoms. The SMILES string of the molecule is COc1ccc(C=NNC(=O)[C@@H]2C(=O)NC[C@H]2c2ccccc2)cc1Br. The summed E-state index contributed by atoms with van der Waals surface area (Å²) in [5.41, 5.74) is 4.21. The molecule has 1 fully saturated rings. The third-order valence-corrected chi connectivity index (χ3v) is 4.88. The number of hydrogen-bond acceptors (Lipinski definition) is 4. The van der Waals surface area contributed by atoms with E-state index < -0.39 is 11.8 Å². The van der Waals surface area contributed by atoms with E-state index in [0.717, 1.165) is 15.6 Å². The minimum Gasteiger partial charge on any atom is -0.496 e. The first-order chi connectivity index (χ1) is 12.6. The third-order valence-electron chi connectivity index (χ3n) is 4.26. The molecule has 2 aromatic carbocycles. The van der Waals surface area contributed by atoms with Crippen LogP contribution in [0.4, 0.5) is 0 Å². The maximum absolute atomic E-state index is 12.5. The predicted octanol–water partition coefficient (Wildman–Crippen LogP) is 2.44. The van der Waals surface area contributed by atoms with Crippen molar-refractivity contribution in [3.63, 3.8) is 0 Å². The molecule has 1 aliphatic heterocycles. The van der Waals surface area contributed by atoms with Crippen LogP contribution in [0.5, 0.6) is 5.75 Å². The first-order valence-corrected chi connectivity index (χ1v) is 8.88. The van der Waals surface area contributed by atoms with Crippen molar-refractivity contribution in [3.05, 3.63) is 64.1 Å². The average Bonchev–Trinajstić information content (AvgIpc) is 3.04. The van der Waals surface area contributed by atoms with E-state index in [1.165, 1.54) is 6.21 Å². The van der Waals surface area contributed by atoms with E-state index in [0.29, 0.717) is 12.3 Å².